The predicted octanol–water partition coefficient (Wildman–Crippen LogP) is 2.06. The summed E-state index contributed by atoms with van der Waals surface area (Å²) in [7, 11) is -6.41. The maximum atomic E-state index is 13.2. The van der Waals surface area contributed by atoms with Crippen LogP contribution in [-0.4, -0.2) is 61.0 Å². The van der Waals surface area contributed by atoms with Crippen LogP contribution in [0.1, 0.15) is 26.7 Å². The summed E-state index contributed by atoms with van der Waals surface area (Å²) in [4.78, 5) is 13.1. The van der Waals surface area contributed by atoms with Crippen LogP contribution in [-0.2, 0) is 19.6 Å². The van der Waals surface area contributed by atoms with Gasteiger partial charge in [0.25, 0.3) is 6.10 Å². The second kappa shape index (κ2) is 8.20. The molecule has 23 heavy (non-hydrogen) atoms. The number of rotatable bonds is 9. The molecule has 0 fully saturated rings. The Morgan fingerprint density at radius 3 is 2.00 bits per heavy atom. The molecule has 0 aromatic rings. The number of hydrogen-bond acceptors (Lipinski definition) is 5. The van der Waals surface area contributed by atoms with Crippen molar-refractivity contribution in [2.75, 3.05) is 19.6 Å². The van der Waals surface area contributed by atoms with Crippen molar-refractivity contribution in [2.24, 2.45) is 0 Å². The summed E-state index contributed by atoms with van der Waals surface area (Å²) in [6.07, 6.45) is -10.7. The minimum atomic E-state index is -6.41. The molecule has 0 aromatic heterocycles. The van der Waals surface area contributed by atoms with E-state index in [0.717, 1.165) is 0 Å². The van der Waals surface area contributed by atoms with Crippen molar-refractivity contribution in [3.63, 3.8) is 0 Å². The minimum Gasteiger partial charge on any atom is -0.445 e. The monoisotopic (exact) mass is 371 g/mol. The summed E-state index contributed by atoms with van der Waals surface area (Å²) >= 11 is 0. The zero-order valence-corrected chi connectivity index (χ0v) is 13.3. The summed E-state index contributed by atoms with van der Waals surface area (Å²) in [6.45, 7) is 5.20. The highest BCUT2D eigenvalue weighted by Crippen LogP contribution is 2.38. The first-order valence-electron chi connectivity index (χ1n) is 6.60. The van der Waals surface area contributed by atoms with Gasteiger partial charge in [0, 0.05) is 6.42 Å². The van der Waals surface area contributed by atoms with Gasteiger partial charge in [-0.1, -0.05) is 13.8 Å². The van der Waals surface area contributed by atoms with Crippen LogP contribution in [0.4, 0.5) is 22.0 Å². The van der Waals surface area contributed by atoms with Crippen LogP contribution >= 0.6 is 0 Å². The molecule has 12 heteroatoms. The molecule has 1 N–H and O–H groups in total. The Morgan fingerprint density at radius 2 is 1.65 bits per heavy atom. The fourth-order valence-corrected chi connectivity index (χ4v) is 2.09. The van der Waals surface area contributed by atoms with Gasteiger partial charge in [-0.3, -0.25) is 9.35 Å². The van der Waals surface area contributed by atoms with Gasteiger partial charge in [0.05, 0.1) is 0 Å². The molecule has 1 atom stereocenters. The van der Waals surface area contributed by atoms with Crippen LogP contribution in [0.25, 0.3) is 0 Å². The number of carbonyl (C=O) groups is 1. The Hall–Kier alpha value is -1.01. The molecule has 0 rings (SSSR count). The van der Waals surface area contributed by atoms with Crippen LogP contribution in [0.15, 0.2) is 0 Å². The van der Waals surface area contributed by atoms with Crippen LogP contribution in [0.2, 0.25) is 0 Å². The molecule has 0 spiro atoms. The molecule has 0 aliphatic heterocycles. The van der Waals surface area contributed by atoms with Gasteiger partial charge in [0.15, 0.2) is 0 Å². The third-order valence-corrected chi connectivity index (χ3v) is 3.85. The summed E-state index contributed by atoms with van der Waals surface area (Å²) in [6, 6.07) is 0. The molecule has 138 valence electrons. The third kappa shape index (κ3) is 6.55. The Bertz CT molecular complexity index is 490. The van der Waals surface area contributed by atoms with E-state index in [1.54, 1.807) is 0 Å². The van der Waals surface area contributed by atoms with E-state index in [-0.39, 0.29) is 6.42 Å². The van der Waals surface area contributed by atoms with Crippen molar-refractivity contribution in [3.05, 3.63) is 0 Å². The van der Waals surface area contributed by atoms with Crippen molar-refractivity contribution < 1.29 is 44.5 Å². The van der Waals surface area contributed by atoms with Crippen LogP contribution in [0.3, 0.4) is 0 Å². The first kappa shape index (κ1) is 22.0. The van der Waals surface area contributed by atoms with Gasteiger partial charge < -0.3 is 9.64 Å². The van der Waals surface area contributed by atoms with Gasteiger partial charge in [-0.2, -0.15) is 30.4 Å². The zero-order valence-electron chi connectivity index (χ0n) is 12.4. The lowest BCUT2D eigenvalue weighted by atomic mass is 10.3. The first-order chi connectivity index (χ1) is 10.3. The predicted molar refractivity (Wildman–Crippen MR) is 69.5 cm³/mol. The second-order valence-corrected chi connectivity index (χ2v) is 6.07. The quantitative estimate of drug-likeness (QED) is 0.379. The number of esters is 1. The summed E-state index contributed by atoms with van der Waals surface area (Å²) in [5.41, 5.74) is 0. The number of nitrogens with zero attached hydrogens (tertiary/aromatic N) is 1. The minimum absolute atomic E-state index is 0.0442. The molecule has 0 radical (unpaired) electrons. The lowest BCUT2D eigenvalue weighted by Crippen LogP contribution is -2.52. The van der Waals surface area contributed by atoms with Gasteiger partial charge in [0.2, 0.25) is 0 Å². The largest absolute Gasteiger partial charge is 0.445 e. The van der Waals surface area contributed by atoms with Crippen LogP contribution in [0, 0.1) is 0 Å². The van der Waals surface area contributed by atoms with E-state index < -0.39 is 40.0 Å². The number of carbonyl (C=O) groups excluding carboxylic acids is 1. The van der Waals surface area contributed by atoms with Gasteiger partial charge >= 0.3 is 27.5 Å². The Kier molecular flexibility index (Phi) is 7.84. The maximum Gasteiger partial charge on any atom is 0.432 e. The second-order valence-electron chi connectivity index (χ2n) is 4.58. The fraction of sp³-hybridized carbons (Fsp3) is 0.909. The van der Waals surface area contributed by atoms with E-state index in [1.807, 2.05) is 18.7 Å². The average molecular weight is 371 g/mol. The zero-order chi connectivity index (χ0) is 18.5. The molecule has 0 saturated carbocycles. The summed E-state index contributed by atoms with van der Waals surface area (Å²) in [5.74, 6) is -1.64. The van der Waals surface area contributed by atoms with Gasteiger partial charge in [0.1, 0.15) is 0 Å². The third-order valence-electron chi connectivity index (χ3n) is 2.95. The van der Waals surface area contributed by atoms with Crippen LogP contribution < -0.4 is 0 Å². The topological polar surface area (TPSA) is 83.9 Å². The van der Waals surface area contributed by atoms with Crippen molar-refractivity contribution >= 4 is 16.1 Å². The normalized spacial score (nSPS) is 14.8. The van der Waals surface area contributed by atoms with E-state index in [9.17, 15) is 35.2 Å². The fourth-order valence-electron chi connectivity index (χ4n) is 1.64. The number of halogens is 5. The molecule has 0 heterocycles. The van der Waals surface area contributed by atoms with Crippen LogP contribution in [0.5, 0.6) is 0 Å². The molecule has 1 unspecified atom stereocenters. The average Bonchev–Trinajstić information content (AvgIpc) is 2.38. The summed E-state index contributed by atoms with van der Waals surface area (Å²) in [5, 5.41) is -5.69. The van der Waals surface area contributed by atoms with Gasteiger partial charge in [-0.05, 0) is 26.1 Å². The maximum absolute atomic E-state index is 13.2. The van der Waals surface area contributed by atoms with E-state index in [1.165, 1.54) is 0 Å². The summed E-state index contributed by atoms with van der Waals surface area (Å²) < 4.78 is 96.5. The molecule has 0 amide bonds. The number of hydrogen-bond donors (Lipinski definition) is 1. The van der Waals surface area contributed by atoms with Crippen molar-refractivity contribution in [1.29, 1.82) is 0 Å². The molecule has 6 nitrogen and oxygen atoms in total. The molecule has 0 aromatic carbocycles. The highest BCUT2D eigenvalue weighted by Gasteiger charge is 2.65. The lowest BCUT2D eigenvalue weighted by molar-refractivity contribution is -0.259. The van der Waals surface area contributed by atoms with Gasteiger partial charge in [-0.25, -0.2) is 0 Å². The first-order valence-corrected chi connectivity index (χ1v) is 8.04. The molecule has 0 bridgehead atoms. The SMILES string of the molecule is CCN(CC)CCCC(=O)OC(C(F)(F)F)C(F)(F)S(=O)(=O)O. The molecule has 0 aliphatic carbocycles. The standard InChI is InChI=1S/C11H18F5NO5S/c1-3-17(4-2)7-5-6-8(18)22-9(10(12,13)14)11(15,16)23(19,20)21/h9H,3-7H2,1-2H3,(H,19,20,21). The Morgan fingerprint density at radius 1 is 1.17 bits per heavy atom. The van der Waals surface area contributed by atoms with Gasteiger partial charge in [-0.15, -0.1) is 0 Å². The van der Waals surface area contributed by atoms with Crippen molar-refractivity contribution in [3.8, 4) is 0 Å². The molecular weight excluding hydrogens is 353 g/mol. The smallest absolute Gasteiger partial charge is 0.432 e. The lowest BCUT2D eigenvalue weighted by Gasteiger charge is -2.26. The highest BCUT2D eigenvalue weighted by molar-refractivity contribution is 7.86. The highest BCUT2D eigenvalue weighted by atomic mass is 32.2. The Balaban J connectivity index is 4.92. The van der Waals surface area contributed by atoms with E-state index in [0.29, 0.717) is 19.6 Å². The van der Waals surface area contributed by atoms with Crippen molar-refractivity contribution in [2.45, 2.75) is 44.2 Å². The molecule has 0 saturated heterocycles. The van der Waals surface area contributed by atoms with Crippen molar-refractivity contribution in [1.82, 2.24) is 4.90 Å². The van der Waals surface area contributed by atoms with E-state index in [2.05, 4.69) is 4.74 Å². The molecular formula is C11H18F5NO5S. The van der Waals surface area contributed by atoms with E-state index >= 15 is 0 Å². The van der Waals surface area contributed by atoms with E-state index in [4.69, 9.17) is 4.55 Å². The number of ether oxygens (including phenoxy) is 1. The Labute approximate surface area is 130 Å². The number of alkyl halides is 5. The molecule has 0 aliphatic rings.